The highest BCUT2D eigenvalue weighted by atomic mass is 35.5. The van der Waals surface area contributed by atoms with E-state index in [1.165, 1.54) is 17.0 Å². The zero-order valence-electron chi connectivity index (χ0n) is 23.6. The van der Waals surface area contributed by atoms with Crippen LogP contribution in [0.4, 0.5) is 5.69 Å². The molecule has 0 unspecified atom stereocenters. The molecular formula is C31H38ClN3O4S. The van der Waals surface area contributed by atoms with E-state index in [1.807, 2.05) is 45.0 Å². The summed E-state index contributed by atoms with van der Waals surface area (Å²) < 4.78 is 29.0. The van der Waals surface area contributed by atoms with Gasteiger partial charge >= 0.3 is 0 Å². The number of benzene rings is 3. The molecule has 0 heterocycles. The highest BCUT2D eigenvalue weighted by Gasteiger charge is 2.34. The zero-order valence-corrected chi connectivity index (χ0v) is 25.1. The molecule has 0 radical (unpaired) electrons. The Morgan fingerprint density at radius 3 is 2.23 bits per heavy atom. The lowest BCUT2D eigenvalue weighted by atomic mass is 10.1. The average molecular weight is 584 g/mol. The van der Waals surface area contributed by atoms with Crippen LogP contribution >= 0.6 is 11.6 Å². The van der Waals surface area contributed by atoms with Gasteiger partial charge < -0.3 is 10.2 Å². The van der Waals surface area contributed by atoms with E-state index in [9.17, 15) is 18.0 Å². The molecule has 3 aromatic carbocycles. The normalized spacial score (nSPS) is 12.0. The standard InChI is InChI=1S/C31H38ClN3O4S/c1-5-7-19-33-31(37)28(6-2)34(21-25-14-12-11-13-23(25)3)30(36)22-35(29-18-17-26(32)20-24(29)4)40(38,39)27-15-9-8-10-16-27/h8-18,20,28H,5-7,19,21-22H2,1-4H3,(H,33,37)/t28-/m0/s1. The molecule has 214 valence electrons. The summed E-state index contributed by atoms with van der Waals surface area (Å²) in [4.78, 5) is 29.0. The second-order valence-corrected chi connectivity index (χ2v) is 12.1. The molecule has 2 amide bonds. The summed E-state index contributed by atoms with van der Waals surface area (Å²) in [5.41, 5.74) is 2.81. The van der Waals surface area contributed by atoms with Gasteiger partial charge in [-0.2, -0.15) is 0 Å². The SMILES string of the molecule is CCCCNC(=O)[C@H](CC)N(Cc1ccccc1C)C(=O)CN(c1ccc(Cl)cc1C)S(=O)(=O)c1ccccc1. The van der Waals surface area contributed by atoms with Gasteiger partial charge in [-0.05, 0) is 73.7 Å². The first kappa shape index (κ1) is 31.2. The van der Waals surface area contributed by atoms with E-state index in [0.717, 1.165) is 28.3 Å². The lowest BCUT2D eigenvalue weighted by molar-refractivity contribution is -0.140. The summed E-state index contributed by atoms with van der Waals surface area (Å²) in [5.74, 6) is -0.729. The van der Waals surface area contributed by atoms with E-state index in [-0.39, 0.29) is 17.3 Å². The van der Waals surface area contributed by atoms with E-state index >= 15 is 0 Å². The molecule has 0 aromatic heterocycles. The van der Waals surface area contributed by atoms with Crippen LogP contribution in [0.15, 0.2) is 77.7 Å². The van der Waals surface area contributed by atoms with Crippen LogP contribution in [0.3, 0.4) is 0 Å². The Balaban J connectivity index is 2.07. The second kappa shape index (κ2) is 14.3. The maximum atomic E-state index is 14.1. The van der Waals surface area contributed by atoms with Crippen LogP contribution in [0.25, 0.3) is 0 Å². The van der Waals surface area contributed by atoms with E-state index in [0.29, 0.717) is 29.2 Å². The fourth-order valence-corrected chi connectivity index (χ4v) is 6.25. The molecule has 9 heteroatoms. The number of aryl methyl sites for hydroxylation is 2. The Morgan fingerprint density at radius 2 is 1.60 bits per heavy atom. The predicted octanol–water partition coefficient (Wildman–Crippen LogP) is 5.88. The minimum atomic E-state index is -4.13. The van der Waals surface area contributed by atoms with Gasteiger partial charge in [0.2, 0.25) is 11.8 Å². The maximum Gasteiger partial charge on any atom is 0.264 e. The molecule has 40 heavy (non-hydrogen) atoms. The molecule has 0 saturated heterocycles. The first-order chi connectivity index (χ1) is 19.1. The van der Waals surface area contributed by atoms with Gasteiger partial charge in [0.1, 0.15) is 12.6 Å². The zero-order chi connectivity index (χ0) is 29.3. The predicted molar refractivity (Wildman–Crippen MR) is 161 cm³/mol. The first-order valence-corrected chi connectivity index (χ1v) is 15.4. The number of hydrogen-bond acceptors (Lipinski definition) is 4. The van der Waals surface area contributed by atoms with E-state index in [1.54, 1.807) is 43.3 Å². The van der Waals surface area contributed by atoms with Crippen LogP contribution in [0.1, 0.15) is 49.8 Å². The number of amides is 2. The monoisotopic (exact) mass is 583 g/mol. The van der Waals surface area contributed by atoms with Crippen molar-refractivity contribution in [3.8, 4) is 0 Å². The van der Waals surface area contributed by atoms with Crippen LogP contribution in [0, 0.1) is 13.8 Å². The fourth-order valence-electron chi connectivity index (χ4n) is 4.53. The fraction of sp³-hybridized carbons (Fsp3) is 0.355. The molecule has 0 aliphatic heterocycles. The number of hydrogen-bond donors (Lipinski definition) is 1. The second-order valence-electron chi connectivity index (χ2n) is 9.77. The Morgan fingerprint density at radius 1 is 0.925 bits per heavy atom. The van der Waals surface area contributed by atoms with Crippen molar-refractivity contribution in [2.75, 3.05) is 17.4 Å². The van der Waals surface area contributed by atoms with Crippen LogP contribution in [-0.2, 0) is 26.2 Å². The van der Waals surface area contributed by atoms with Crippen molar-refractivity contribution in [2.45, 2.75) is 64.4 Å². The van der Waals surface area contributed by atoms with Crippen LogP contribution < -0.4 is 9.62 Å². The number of sulfonamides is 1. The third kappa shape index (κ3) is 7.64. The number of nitrogens with zero attached hydrogens (tertiary/aromatic N) is 2. The highest BCUT2D eigenvalue weighted by molar-refractivity contribution is 7.92. The van der Waals surface area contributed by atoms with Crippen molar-refractivity contribution in [3.63, 3.8) is 0 Å². The number of halogens is 1. The first-order valence-electron chi connectivity index (χ1n) is 13.6. The van der Waals surface area contributed by atoms with Crippen LogP contribution in [0.5, 0.6) is 0 Å². The van der Waals surface area contributed by atoms with Gasteiger partial charge in [-0.25, -0.2) is 8.42 Å². The number of anilines is 1. The largest absolute Gasteiger partial charge is 0.354 e. The van der Waals surface area contributed by atoms with Crippen molar-refractivity contribution in [3.05, 3.63) is 94.5 Å². The van der Waals surface area contributed by atoms with Crippen LogP contribution in [0.2, 0.25) is 5.02 Å². The number of nitrogens with one attached hydrogen (secondary N) is 1. The quantitative estimate of drug-likeness (QED) is 0.255. The number of rotatable bonds is 13. The van der Waals surface area contributed by atoms with Crippen molar-refractivity contribution >= 4 is 39.1 Å². The molecule has 1 N–H and O–H groups in total. The molecule has 0 spiro atoms. The molecule has 0 aliphatic rings. The third-order valence-corrected chi connectivity index (χ3v) is 8.86. The van der Waals surface area contributed by atoms with E-state index < -0.39 is 28.5 Å². The summed E-state index contributed by atoms with van der Waals surface area (Å²) in [7, 11) is -4.13. The lowest BCUT2D eigenvalue weighted by Gasteiger charge is -2.34. The van der Waals surface area contributed by atoms with Gasteiger partial charge in [0.05, 0.1) is 10.6 Å². The van der Waals surface area contributed by atoms with Crippen LogP contribution in [-0.4, -0.2) is 44.3 Å². The molecule has 1 atom stereocenters. The third-order valence-electron chi connectivity index (χ3n) is 6.86. The topological polar surface area (TPSA) is 86.8 Å². The maximum absolute atomic E-state index is 14.1. The minimum Gasteiger partial charge on any atom is -0.354 e. The highest BCUT2D eigenvalue weighted by Crippen LogP contribution is 2.29. The lowest BCUT2D eigenvalue weighted by Crippen LogP contribution is -2.52. The van der Waals surface area contributed by atoms with Gasteiger partial charge in [0.25, 0.3) is 10.0 Å². The molecule has 3 aromatic rings. The molecule has 0 saturated carbocycles. The van der Waals surface area contributed by atoms with Gasteiger partial charge in [-0.3, -0.25) is 13.9 Å². The van der Waals surface area contributed by atoms with Gasteiger partial charge in [0.15, 0.2) is 0 Å². The van der Waals surface area contributed by atoms with Gasteiger partial charge in [-0.1, -0.05) is 74.3 Å². The van der Waals surface area contributed by atoms with E-state index in [4.69, 9.17) is 11.6 Å². The Hall–Kier alpha value is -3.36. The van der Waals surface area contributed by atoms with Crippen molar-refractivity contribution in [1.29, 1.82) is 0 Å². The smallest absolute Gasteiger partial charge is 0.264 e. The summed E-state index contributed by atoms with van der Waals surface area (Å²) in [5, 5.41) is 3.41. The van der Waals surface area contributed by atoms with Gasteiger partial charge in [0, 0.05) is 18.1 Å². The van der Waals surface area contributed by atoms with Crippen molar-refractivity contribution in [2.24, 2.45) is 0 Å². The minimum absolute atomic E-state index is 0.0620. The number of carbonyl (C=O) groups excluding carboxylic acids is 2. The average Bonchev–Trinajstić information content (AvgIpc) is 2.93. The summed E-state index contributed by atoms with van der Waals surface area (Å²) in [6, 6.07) is 19.8. The Bertz CT molecular complexity index is 1410. The summed E-state index contributed by atoms with van der Waals surface area (Å²) in [6.45, 7) is 7.79. The van der Waals surface area contributed by atoms with Crippen molar-refractivity contribution < 1.29 is 18.0 Å². The summed E-state index contributed by atoms with van der Waals surface area (Å²) in [6.07, 6.45) is 2.13. The van der Waals surface area contributed by atoms with Gasteiger partial charge in [-0.15, -0.1) is 0 Å². The molecule has 0 bridgehead atoms. The molecule has 3 rings (SSSR count). The molecule has 0 aliphatic carbocycles. The summed E-state index contributed by atoms with van der Waals surface area (Å²) >= 11 is 6.17. The number of unbranched alkanes of at least 4 members (excludes halogenated alkanes) is 1. The van der Waals surface area contributed by atoms with Crippen molar-refractivity contribution in [1.82, 2.24) is 10.2 Å². The Labute approximate surface area is 243 Å². The molecule has 7 nitrogen and oxygen atoms in total. The molecular weight excluding hydrogens is 546 g/mol. The van der Waals surface area contributed by atoms with E-state index in [2.05, 4.69) is 5.32 Å². The Kier molecular flexibility index (Phi) is 11.2. The number of carbonyl (C=O) groups is 2. The molecule has 0 fully saturated rings.